The first-order valence-electron chi connectivity index (χ1n) is 4.42. The van der Waals surface area contributed by atoms with Crippen LogP contribution in [0.15, 0.2) is 29.0 Å². The first kappa shape index (κ1) is 9.49. The maximum atomic E-state index is 5.53. The van der Waals surface area contributed by atoms with Crippen LogP contribution in [0, 0.1) is 0 Å². The molecule has 80 valence electrons. The lowest BCUT2D eigenvalue weighted by atomic mass is 10.5. The van der Waals surface area contributed by atoms with Crippen molar-refractivity contribution >= 4 is 27.8 Å². The van der Waals surface area contributed by atoms with E-state index < -0.39 is 0 Å². The molecule has 0 amide bonds. The predicted octanol–water partition coefficient (Wildman–Crippen LogP) is 2.50. The van der Waals surface area contributed by atoms with Crippen LogP contribution >= 0.6 is 22.7 Å². The summed E-state index contributed by atoms with van der Waals surface area (Å²) in [6.07, 6.45) is 3.38. The Labute approximate surface area is 98.6 Å². The molecule has 0 aliphatic rings. The zero-order chi connectivity index (χ0) is 11.0. The number of nitrogens with zero attached hydrogens (tertiary/aromatic N) is 3. The van der Waals surface area contributed by atoms with E-state index in [1.54, 1.807) is 12.5 Å². The highest BCUT2D eigenvalue weighted by molar-refractivity contribution is 7.24. The second-order valence-electron chi connectivity index (χ2n) is 2.95. The molecule has 0 saturated carbocycles. The van der Waals surface area contributed by atoms with Gasteiger partial charge in [-0.05, 0) is 12.1 Å². The van der Waals surface area contributed by atoms with E-state index in [1.807, 2.05) is 12.1 Å². The second kappa shape index (κ2) is 3.69. The van der Waals surface area contributed by atoms with E-state index in [2.05, 4.69) is 15.2 Å². The molecular formula is C9H6N4OS2. The molecule has 3 aromatic rings. The molecule has 16 heavy (non-hydrogen) atoms. The molecule has 3 rings (SSSR count). The third-order valence-corrected chi connectivity index (χ3v) is 3.82. The van der Waals surface area contributed by atoms with Crippen molar-refractivity contribution in [2.24, 2.45) is 0 Å². The SMILES string of the molecule is Nc1nnc(-c2cnc(-c3ccco3)s2)s1. The maximum Gasteiger partial charge on any atom is 0.203 e. The topological polar surface area (TPSA) is 77.8 Å². The fourth-order valence-electron chi connectivity index (χ4n) is 1.22. The number of hydrogen-bond acceptors (Lipinski definition) is 7. The maximum absolute atomic E-state index is 5.53. The molecular weight excluding hydrogens is 244 g/mol. The first-order chi connectivity index (χ1) is 7.83. The van der Waals surface area contributed by atoms with E-state index in [-0.39, 0.29) is 0 Å². The molecule has 0 unspecified atom stereocenters. The average molecular weight is 250 g/mol. The van der Waals surface area contributed by atoms with E-state index in [1.165, 1.54) is 22.7 Å². The number of furan rings is 1. The van der Waals surface area contributed by atoms with E-state index in [0.717, 1.165) is 20.7 Å². The van der Waals surface area contributed by atoms with Gasteiger partial charge in [-0.1, -0.05) is 11.3 Å². The lowest BCUT2D eigenvalue weighted by Crippen LogP contribution is -1.79. The first-order valence-corrected chi connectivity index (χ1v) is 6.05. The molecule has 3 aromatic heterocycles. The Bertz CT molecular complexity index is 599. The van der Waals surface area contributed by atoms with Gasteiger partial charge in [-0.25, -0.2) is 4.98 Å². The highest BCUT2D eigenvalue weighted by Crippen LogP contribution is 2.33. The Morgan fingerprint density at radius 1 is 1.19 bits per heavy atom. The van der Waals surface area contributed by atoms with Gasteiger partial charge >= 0.3 is 0 Å². The number of anilines is 1. The molecule has 0 fully saturated rings. The van der Waals surface area contributed by atoms with Crippen molar-refractivity contribution in [1.82, 2.24) is 15.2 Å². The summed E-state index contributed by atoms with van der Waals surface area (Å²) in [6, 6.07) is 3.70. The van der Waals surface area contributed by atoms with Gasteiger partial charge < -0.3 is 10.2 Å². The number of thiazole rings is 1. The van der Waals surface area contributed by atoms with Crippen LogP contribution < -0.4 is 5.73 Å². The minimum absolute atomic E-state index is 0.461. The van der Waals surface area contributed by atoms with Gasteiger partial charge in [0, 0.05) is 6.20 Å². The molecule has 0 atom stereocenters. The molecule has 0 aliphatic carbocycles. The summed E-state index contributed by atoms with van der Waals surface area (Å²) in [4.78, 5) is 5.21. The summed E-state index contributed by atoms with van der Waals surface area (Å²) in [5.74, 6) is 0.758. The molecule has 0 aromatic carbocycles. The minimum Gasteiger partial charge on any atom is -0.462 e. The minimum atomic E-state index is 0.461. The second-order valence-corrected chi connectivity index (χ2v) is 4.99. The van der Waals surface area contributed by atoms with Crippen LogP contribution in [-0.2, 0) is 0 Å². The molecule has 0 bridgehead atoms. The standard InChI is InChI=1S/C9H6N4OS2/c10-9-13-12-8(16-9)6-4-11-7(15-6)5-2-1-3-14-5/h1-4H,(H2,10,13). The summed E-state index contributed by atoms with van der Waals surface area (Å²) >= 11 is 2.85. The molecule has 0 saturated heterocycles. The Balaban J connectivity index is 2.00. The van der Waals surface area contributed by atoms with Crippen LogP contribution in [0.2, 0.25) is 0 Å². The number of hydrogen-bond donors (Lipinski definition) is 1. The van der Waals surface area contributed by atoms with E-state index >= 15 is 0 Å². The summed E-state index contributed by atoms with van der Waals surface area (Å²) in [7, 11) is 0. The number of nitrogens with two attached hydrogens (primary N) is 1. The van der Waals surface area contributed by atoms with Crippen molar-refractivity contribution < 1.29 is 4.42 Å². The van der Waals surface area contributed by atoms with Gasteiger partial charge in [-0.15, -0.1) is 21.5 Å². The van der Waals surface area contributed by atoms with Gasteiger partial charge in [-0.2, -0.15) is 0 Å². The van der Waals surface area contributed by atoms with Crippen LogP contribution in [0.3, 0.4) is 0 Å². The quantitative estimate of drug-likeness (QED) is 0.756. The van der Waals surface area contributed by atoms with Gasteiger partial charge in [0.2, 0.25) is 5.13 Å². The lowest BCUT2D eigenvalue weighted by molar-refractivity contribution is 0.582. The third kappa shape index (κ3) is 1.59. The Hall–Kier alpha value is -1.73. The van der Waals surface area contributed by atoms with E-state index in [4.69, 9.17) is 10.2 Å². The summed E-state index contributed by atoms with van der Waals surface area (Å²) in [5, 5.41) is 9.80. The smallest absolute Gasteiger partial charge is 0.203 e. The van der Waals surface area contributed by atoms with Crippen LogP contribution in [0.4, 0.5) is 5.13 Å². The molecule has 0 aliphatic heterocycles. The Morgan fingerprint density at radius 2 is 2.12 bits per heavy atom. The van der Waals surface area contributed by atoms with Crippen molar-refractivity contribution in [3.63, 3.8) is 0 Å². The van der Waals surface area contributed by atoms with Gasteiger partial charge in [0.1, 0.15) is 0 Å². The van der Waals surface area contributed by atoms with Crippen molar-refractivity contribution in [3.8, 4) is 20.7 Å². The van der Waals surface area contributed by atoms with Crippen LogP contribution in [-0.4, -0.2) is 15.2 Å². The highest BCUT2D eigenvalue weighted by atomic mass is 32.1. The predicted molar refractivity (Wildman–Crippen MR) is 63.1 cm³/mol. The molecule has 7 heteroatoms. The molecule has 3 heterocycles. The zero-order valence-corrected chi connectivity index (χ0v) is 9.59. The van der Waals surface area contributed by atoms with Gasteiger partial charge in [0.05, 0.1) is 11.1 Å². The van der Waals surface area contributed by atoms with Crippen molar-refractivity contribution in [2.45, 2.75) is 0 Å². The summed E-state index contributed by atoms with van der Waals surface area (Å²) in [6.45, 7) is 0. The fourth-order valence-corrected chi connectivity index (χ4v) is 2.75. The average Bonchev–Trinajstić information content (AvgIpc) is 2.97. The fraction of sp³-hybridized carbons (Fsp3) is 0. The monoisotopic (exact) mass is 250 g/mol. The normalized spacial score (nSPS) is 10.8. The van der Waals surface area contributed by atoms with Gasteiger partial charge in [0.25, 0.3) is 0 Å². The number of rotatable bonds is 2. The highest BCUT2D eigenvalue weighted by Gasteiger charge is 2.11. The van der Waals surface area contributed by atoms with Crippen LogP contribution in [0.5, 0.6) is 0 Å². The lowest BCUT2D eigenvalue weighted by Gasteiger charge is -1.85. The zero-order valence-electron chi connectivity index (χ0n) is 7.95. The molecule has 2 N–H and O–H groups in total. The summed E-state index contributed by atoms with van der Waals surface area (Å²) < 4.78 is 5.26. The summed E-state index contributed by atoms with van der Waals surface area (Å²) in [5.41, 5.74) is 5.53. The number of aromatic nitrogens is 3. The molecule has 0 spiro atoms. The molecule has 0 radical (unpaired) electrons. The van der Waals surface area contributed by atoms with Crippen molar-refractivity contribution in [3.05, 3.63) is 24.6 Å². The van der Waals surface area contributed by atoms with Gasteiger partial charge in [0.15, 0.2) is 15.8 Å². The number of nitrogen functional groups attached to an aromatic ring is 1. The van der Waals surface area contributed by atoms with Crippen molar-refractivity contribution in [2.75, 3.05) is 5.73 Å². The van der Waals surface area contributed by atoms with Crippen LogP contribution in [0.25, 0.3) is 20.7 Å². The van der Waals surface area contributed by atoms with Crippen molar-refractivity contribution in [1.29, 1.82) is 0 Å². The van der Waals surface area contributed by atoms with Gasteiger partial charge in [-0.3, -0.25) is 0 Å². The van der Waals surface area contributed by atoms with E-state index in [9.17, 15) is 0 Å². The largest absolute Gasteiger partial charge is 0.462 e. The molecule has 5 nitrogen and oxygen atoms in total. The Morgan fingerprint density at radius 3 is 2.81 bits per heavy atom. The third-order valence-electron chi connectivity index (χ3n) is 1.89. The van der Waals surface area contributed by atoms with Crippen LogP contribution in [0.1, 0.15) is 0 Å². The Kier molecular flexibility index (Phi) is 2.19. The van der Waals surface area contributed by atoms with E-state index in [0.29, 0.717) is 5.13 Å².